The number of alkyl halides is 17. The van der Waals surface area contributed by atoms with Crippen molar-refractivity contribution in [1.82, 2.24) is 0 Å². The second-order valence-corrected chi connectivity index (χ2v) is 6.38. The van der Waals surface area contributed by atoms with Crippen molar-refractivity contribution in [3.8, 4) is 5.75 Å². The first-order valence-electron chi connectivity index (χ1n) is 7.69. The van der Waals surface area contributed by atoms with E-state index in [0.29, 0.717) is 12.1 Å². The highest BCUT2D eigenvalue weighted by Gasteiger charge is 2.95. The number of halogens is 17. The maximum Gasteiger partial charge on any atom is 0.471 e. The summed E-state index contributed by atoms with van der Waals surface area (Å²) in [5.41, 5.74) is -0.0933. The molecule has 0 bridgehead atoms. The molecule has 1 rings (SSSR count). The molecule has 1 aromatic carbocycles. The molecule has 1 nitrogen and oxygen atoms in total. The summed E-state index contributed by atoms with van der Waals surface area (Å²) in [7, 11) is 0. The summed E-state index contributed by atoms with van der Waals surface area (Å²) in [6.07, 6.45) is -14.7. The summed E-state index contributed by atoms with van der Waals surface area (Å²) in [5, 5.41) is 0. The Morgan fingerprint density at radius 3 is 1.24 bits per heavy atom. The molecule has 0 fully saturated rings. The third kappa shape index (κ3) is 4.02. The van der Waals surface area contributed by atoms with Gasteiger partial charge < -0.3 is 4.74 Å². The summed E-state index contributed by atoms with van der Waals surface area (Å²) in [6.45, 7) is 1.08. The van der Waals surface area contributed by atoms with Crippen LogP contribution in [0.3, 0.4) is 0 Å². The normalized spacial score (nSPS) is 15.6. The molecule has 0 saturated heterocycles. The third-order valence-corrected chi connectivity index (χ3v) is 3.93. The topological polar surface area (TPSA) is 9.23 Å². The largest absolute Gasteiger partial charge is 0.471 e. The molecular formula is C15H7F17O. The van der Waals surface area contributed by atoms with Crippen molar-refractivity contribution >= 4 is 0 Å². The second-order valence-electron chi connectivity index (χ2n) is 6.38. The van der Waals surface area contributed by atoms with Gasteiger partial charge in [0.05, 0.1) is 0 Å². The summed E-state index contributed by atoms with van der Waals surface area (Å²) in [5.74, 6) is -51.7. The molecule has 18 heteroatoms. The lowest BCUT2D eigenvalue weighted by Crippen LogP contribution is -2.74. The van der Waals surface area contributed by atoms with Gasteiger partial charge >= 0.3 is 47.8 Å². The van der Waals surface area contributed by atoms with Gasteiger partial charge in [-0.05, 0) is 24.6 Å². The number of hydrogen-bond donors (Lipinski definition) is 0. The average Bonchev–Trinajstić information content (AvgIpc) is 2.59. The van der Waals surface area contributed by atoms with Gasteiger partial charge in [-0.15, -0.1) is 0 Å². The van der Waals surface area contributed by atoms with Gasteiger partial charge in [0.1, 0.15) is 5.75 Å². The molecule has 0 saturated carbocycles. The zero-order valence-electron chi connectivity index (χ0n) is 15.1. The van der Waals surface area contributed by atoms with E-state index in [9.17, 15) is 74.6 Å². The Morgan fingerprint density at radius 2 is 0.879 bits per heavy atom. The molecule has 1 aromatic rings. The van der Waals surface area contributed by atoms with Gasteiger partial charge in [0, 0.05) is 0 Å². The maximum absolute atomic E-state index is 13.6. The molecular weight excluding hydrogens is 519 g/mol. The van der Waals surface area contributed by atoms with Crippen LogP contribution in [-0.4, -0.2) is 47.8 Å². The predicted molar refractivity (Wildman–Crippen MR) is 72.5 cm³/mol. The maximum atomic E-state index is 13.6. The Hall–Kier alpha value is -2.17. The van der Waals surface area contributed by atoms with Crippen molar-refractivity contribution in [3.05, 3.63) is 29.8 Å². The number of rotatable bonds is 8. The van der Waals surface area contributed by atoms with Crippen LogP contribution in [0, 0.1) is 6.92 Å². The SMILES string of the molecule is Cc1cccc(OC(F)(F)C(F)(F)C(F)(F)C(F)(F)C(F)(F)C(F)(F)C(F)(F)C(F)(F)F)c1. The summed E-state index contributed by atoms with van der Waals surface area (Å²) in [4.78, 5) is 0. The third-order valence-electron chi connectivity index (χ3n) is 3.93. The molecule has 192 valence electrons. The van der Waals surface area contributed by atoms with Crippen LogP contribution in [0.1, 0.15) is 5.56 Å². The van der Waals surface area contributed by atoms with Crippen molar-refractivity contribution < 1.29 is 79.4 Å². The zero-order valence-corrected chi connectivity index (χ0v) is 15.1. The van der Waals surface area contributed by atoms with Gasteiger partial charge in [0.25, 0.3) is 0 Å². The Labute approximate surface area is 171 Å². The van der Waals surface area contributed by atoms with E-state index in [1.807, 2.05) is 0 Å². The van der Waals surface area contributed by atoms with Gasteiger partial charge in [0.15, 0.2) is 0 Å². The van der Waals surface area contributed by atoms with Crippen molar-refractivity contribution in [3.63, 3.8) is 0 Å². The molecule has 0 amide bonds. The first-order valence-corrected chi connectivity index (χ1v) is 7.69. The molecule has 0 N–H and O–H groups in total. The summed E-state index contributed by atoms with van der Waals surface area (Å²) >= 11 is 0. The minimum atomic E-state index is -8.66. The fourth-order valence-electron chi connectivity index (χ4n) is 2.04. The zero-order chi connectivity index (χ0) is 26.7. The lowest BCUT2D eigenvalue weighted by molar-refractivity contribution is -0.471. The average molecular weight is 526 g/mol. The van der Waals surface area contributed by atoms with Crippen LogP contribution < -0.4 is 4.74 Å². The number of ether oxygens (including phenoxy) is 1. The van der Waals surface area contributed by atoms with Gasteiger partial charge in [-0.3, -0.25) is 0 Å². The fourth-order valence-corrected chi connectivity index (χ4v) is 2.04. The summed E-state index contributed by atoms with van der Waals surface area (Å²) < 4.78 is 226. The van der Waals surface area contributed by atoms with E-state index in [-0.39, 0.29) is 5.56 Å². The quantitative estimate of drug-likeness (QED) is 0.322. The molecule has 0 aliphatic heterocycles. The van der Waals surface area contributed by atoms with Crippen LogP contribution in [0.5, 0.6) is 5.75 Å². The molecule has 0 unspecified atom stereocenters. The predicted octanol–water partition coefficient (Wildman–Crippen LogP) is 7.34. The van der Waals surface area contributed by atoms with Crippen molar-refractivity contribution in [2.75, 3.05) is 0 Å². The molecule has 0 atom stereocenters. The first-order chi connectivity index (χ1) is 14.2. The smallest absolute Gasteiger partial charge is 0.428 e. The van der Waals surface area contributed by atoms with Gasteiger partial charge in [-0.1, -0.05) is 12.1 Å². The van der Waals surface area contributed by atoms with Crippen LogP contribution in [0.25, 0.3) is 0 Å². The van der Waals surface area contributed by atoms with E-state index < -0.39 is 53.6 Å². The van der Waals surface area contributed by atoms with Crippen molar-refractivity contribution in [1.29, 1.82) is 0 Å². The molecule has 0 aromatic heterocycles. The molecule has 0 heterocycles. The Kier molecular flexibility index (Phi) is 6.71. The Bertz CT molecular complexity index is 854. The molecule has 0 aliphatic rings. The van der Waals surface area contributed by atoms with Crippen LogP contribution in [0.4, 0.5) is 74.6 Å². The van der Waals surface area contributed by atoms with Crippen molar-refractivity contribution in [2.24, 2.45) is 0 Å². The van der Waals surface area contributed by atoms with E-state index in [0.717, 1.165) is 19.1 Å². The fraction of sp³-hybridized carbons (Fsp3) is 0.600. The highest BCUT2D eigenvalue weighted by Crippen LogP contribution is 2.63. The van der Waals surface area contributed by atoms with E-state index in [1.54, 1.807) is 0 Å². The van der Waals surface area contributed by atoms with E-state index in [1.165, 1.54) is 0 Å². The number of aryl methyl sites for hydroxylation is 1. The van der Waals surface area contributed by atoms with E-state index in [4.69, 9.17) is 0 Å². The monoisotopic (exact) mass is 526 g/mol. The van der Waals surface area contributed by atoms with Gasteiger partial charge in [-0.25, -0.2) is 0 Å². The Balaban J connectivity index is 3.59. The minimum Gasteiger partial charge on any atom is -0.428 e. The van der Waals surface area contributed by atoms with Gasteiger partial charge in [0.2, 0.25) is 0 Å². The molecule has 0 radical (unpaired) electrons. The minimum absolute atomic E-state index is 0.0933. The lowest BCUT2D eigenvalue weighted by atomic mass is 9.90. The number of hydrogen-bond acceptors (Lipinski definition) is 1. The van der Waals surface area contributed by atoms with E-state index >= 15 is 0 Å². The van der Waals surface area contributed by atoms with Crippen molar-refractivity contribution in [2.45, 2.75) is 54.7 Å². The number of benzene rings is 1. The molecule has 0 spiro atoms. The standard InChI is InChI=1S/C15H7F17O/c1-6-3-2-4-7(5-6)33-15(31,32)13(26,27)11(22,23)9(18,19)8(16,17)10(20,21)12(24,25)14(28,29)30/h2-5H,1H3. The second kappa shape index (κ2) is 7.68. The van der Waals surface area contributed by atoms with Crippen LogP contribution in [-0.2, 0) is 0 Å². The van der Waals surface area contributed by atoms with Crippen LogP contribution in [0.2, 0.25) is 0 Å². The molecule has 0 aliphatic carbocycles. The molecule has 33 heavy (non-hydrogen) atoms. The van der Waals surface area contributed by atoms with Gasteiger partial charge in [-0.2, -0.15) is 74.6 Å². The van der Waals surface area contributed by atoms with Crippen LogP contribution >= 0.6 is 0 Å². The highest BCUT2D eigenvalue weighted by atomic mass is 19.4. The summed E-state index contributed by atoms with van der Waals surface area (Å²) in [6, 6.07) is 2.60. The van der Waals surface area contributed by atoms with E-state index in [2.05, 4.69) is 4.74 Å². The van der Waals surface area contributed by atoms with Crippen LogP contribution in [0.15, 0.2) is 24.3 Å². The lowest BCUT2D eigenvalue weighted by Gasteiger charge is -2.42. The first kappa shape index (κ1) is 28.9. The highest BCUT2D eigenvalue weighted by molar-refractivity contribution is 5.28. The Morgan fingerprint density at radius 1 is 0.515 bits per heavy atom.